The lowest BCUT2D eigenvalue weighted by molar-refractivity contribution is -0.130. The SMILES string of the molecule is [N-]=[N+]=Nc1ccccc1[C@@H]1OC(c2ccc(OCCCO)cc2)=N[C@]1(CCS(=O)(=O)c1ccccc1)C(=O)NNCc1cccc2ccccc12. The largest absolute Gasteiger partial charge is 0.494 e. The summed E-state index contributed by atoms with van der Waals surface area (Å²) >= 11 is 0. The molecule has 1 aliphatic heterocycles. The first-order chi connectivity index (χ1) is 24.8. The highest BCUT2D eigenvalue weighted by atomic mass is 32.2. The molecule has 13 heteroatoms. The number of hydrogen-bond donors (Lipinski definition) is 3. The van der Waals surface area contributed by atoms with E-state index in [-0.39, 0.29) is 36.1 Å². The molecule has 0 aromatic heterocycles. The number of sulfone groups is 1. The van der Waals surface area contributed by atoms with Crippen molar-refractivity contribution in [2.45, 2.75) is 35.9 Å². The zero-order valence-electron chi connectivity index (χ0n) is 27.6. The summed E-state index contributed by atoms with van der Waals surface area (Å²) in [6, 6.07) is 35.3. The number of carbonyl (C=O) groups excluding carboxylic acids is 1. The monoisotopic (exact) mass is 704 g/mol. The first-order valence-corrected chi connectivity index (χ1v) is 18.0. The normalized spacial score (nSPS) is 16.9. The van der Waals surface area contributed by atoms with Gasteiger partial charge in [0, 0.05) is 47.7 Å². The minimum atomic E-state index is -3.87. The van der Waals surface area contributed by atoms with Crippen molar-refractivity contribution in [2.24, 2.45) is 10.1 Å². The van der Waals surface area contributed by atoms with Gasteiger partial charge < -0.3 is 14.6 Å². The van der Waals surface area contributed by atoms with Crippen LogP contribution in [0.2, 0.25) is 0 Å². The van der Waals surface area contributed by atoms with Crippen LogP contribution in [-0.4, -0.2) is 49.8 Å². The van der Waals surface area contributed by atoms with Crippen molar-refractivity contribution in [3.63, 3.8) is 0 Å². The average molecular weight is 705 g/mol. The van der Waals surface area contributed by atoms with E-state index in [0.29, 0.717) is 29.9 Å². The van der Waals surface area contributed by atoms with E-state index < -0.39 is 33.1 Å². The molecule has 5 aromatic rings. The molecule has 0 saturated heterocycles. The maximum atomic E-state index is 14.6. The van der Waals surface area contributed by atoms with Crippen LogP contribution in [-0.2, 0) is 25.9 Å². The number of aliphatic imine (C=N–C) groups is 1. The summed E-state index contributed by atoms with van der Waals surface area (Å²) in [6.07, 6.45) is -0.977. The third-order valence-corrected chi connectivity index (χ3v) is 10.3. The molecule has 0 bridgehead atoms. The summed E-state index contributed by atoms with van der Waals surface area (Å²) in [5.74, 6) is -0.414. The zero-order chi connectivity index (χ0) is 35.7. The van der Waals surface area contributed by atoms with Crippen LogP contribution in [0.1, 0.15) is 35.6 Å². The lowest BCUT2D eigenvalue weighted by atomic mass is 9.84. The first-order valence-electron chi connectivity index (χ1n) is 16.4. The zero-order valence-corrected chi connectivity index (χ0v) is 28.4. The van der Waals surface area contributed by atoms with Crippen molar-refractivity contribution in [3.8, 4) is 5.75 Å². The Morgan fingerprint density at radius 3 is 2.45 bits per heavy atom. The van der Waals surface area contributed by atoms with Gasteiger partial charge in [0.25, 0.3) is 5.91 Å². The summed E-state index contributed by atoms with van der Waals surface area (Å²) in [6.45, 7) is 0.597. The molecule has 260 valence electrons. The number of ether oxygens (including phenoxy) is 2. The number of fused-ring (bicyclic) bond motifs is 1. The lowest BCUT2D eigenvalue weighted by Gasteiger charge is -2.31. The van der Waals surface area contributed by atoms with Gasteiger partial charge in [-0.3, -0.25) is 10.2 Å². The number of benzene rings is 5. The smallest absolute Gasteiger partial charge is 0.266 e. The molecule has 0 radical (unpaired) electrons. The van der Waals surface area contributed by atoms with Gasteiger partial charge in [-0.2, -0.15) is 0 Å². The number of hydrazine groups is 1. The molecular formula is C38H36N6O6S. The predicted octanol–water partition coefficient (Wildman–Crippen LogP) is 6.48. The molecule has 0 fully saturated rings. The van der Waals surface area contributed by atoms with E-state index >= 15 is 0 Å². The van der Waals surface area contributed by atoms with Crippen LogP contribution in [0.15, 0.2) is 136 Å². The number of nitrogens with one attached hydrogen (secondary N) is 2. The maximum Gasteiger partial charge on any atom is 0.266 e. The van der Waals surface area contributed by atoms with Gasteiger partial charge in [-0.1, -0.05) is 90.0 Å². The number of aliphatic hydroxyl groups is 1. The highest BCUT2D eigenvalue weighted by molar-refractivity contribution is 7.91. The molecule has 12 nitrogen and oxygen atoms in total. The van der Waals surface area contributed by atoms with Gasteiger partial charge in [0.15, 0.2) is 21.5 Å². The minimum Gasteiger partial charge on any atom is -0.494 e. The van der Waals surface area contributed by atoms with Crippen molar-refractivity contribution in [1.82, 2.24) is 10.9 Å². The molecule has 1 amide bonds. The number of nitrogens with zero attached hydrogens (tertiary/aromatic N) is 4. The fourth-order valence-corrected chi connectivity index (χ4v) is 7.39. The van der Waals surface area contributed by atoms with Gasteiger partial charge in [0.05, 0.1) is 17.3 Å². The van der Waals surface area contributed by atoms with Crippen LogP contribution in [0.5, 0.6) is 5.75 Å². The van der Waals surface area contributed by atoms with Crippen LogP contribution < -0.4 is 15.6 Å². The lowest BCUT2D eigenvalue weighted by Crippen LogP contribution is -2.53. The topological polar surface area (TPSA) is 175 Å². The molecule has 0 unspecified atom stereocenters. The average Bonchev–Trinajstić information content (AvgIpc) is 3.56. The highest BCUT2D eigenvalue weighted by Crippen LogP contribution is 2.46. The Balaban J connectivity index is 1.40. The van der Waals surface area contributed by atoms with Crippen LogP contribution >= 0.6 is 0 Å². The third kappa shape index (κ3) is 7.87. The van der Waals surface area contributed by atoms with E-state index in [1.54, 1.807) is 66.7 Å². The molecule has 3 N–H and O–H groups in total. The molecule has 0 saturated carbocycles. The van der Waals surface area contributed by atoms with Gasteiger partial charge in [0.1, 0.15) is 5.75 Å². The molecule has 1 aliphatic rings. The molecule has 5 aromatic carbocycles. The fourth-order valence-electron chi connectivity index (χ4n) is 6.01. The summed E-state index contributed by atoms with van der Waals surface area (Å²) in [4.78, 5) is 22.6. The maximum absolute atomic E-state index is 14.6. The van der Waals surface area contributed by atoms with E-state index in [1.165, 1.54) is 12.1 Å². The van der Waals surface area contributed by atoms with Gasteiger partial charge in [-0.25, -0.2) is 18.8 Å². The van der Waals surface area contributed by atoms with Crippen molar-refractivity contribution in [3.05, 3.63) is 148 Å². The Labute approximate surface area is 295 Å². The Hall–Kier alpha value is -5.72. The second-order valence-electron chi connectivity index (χ2n) is 11.9. The van der Waals surface area contributed by atoms with Crippen molar-refractivity contribution < 1.29 is 27.8 Å². The molecule has 1 heterocycles. The van der Waals surface area contributed by atoms with E-state index in [9.17, 15) is 18.7 Å². The summed E-state index contributed by atoms with van der Waals surface area (Å²) in [5.41, 5.74) is 15.4. The van der Waals surface area contributed by atoms with E-state index in [2.05, 4.69) is 20.9 Å². The molecular weight excluding hydrogens is 669 g/mol. The van der Waals surface area contributed by atoms with Gasteiger partial charge in [-0.05, 0) is 58.3 Å². The number of hydrogen-bond acceptors (Lipinski definition) is 9. The summed E-state index contributed by atoms with van der Waals surface area (Å²) in [7, 11) is -3.87. The summed E-state index contributed by atoms with van der Waals surface area (Å²) in [5, 5.41) is 15.0. The molecule has 51 heavy (non-hydrogen) atoms. The Morgan fingerprint density at radius 2 is 1.67 bits per heavy atom. The van der Waals surface area contributed by atoms with Crippen molar-refractivity contribution in [2.75, 3.05) is 19.0 Å². The quantitative estimate of drug-likeness (QED) is 0.0367. The number of aliphatic hydroxyl groups excluding tert-OH is 1. The molecule has 6 rings (SSSR count). The number of rotatable bonds is 15. The first kappa shape index (κ1) is 35.1. The van der Waals surface area contributed by atoms with Crippen LogP contribution in [0, 0.1) is 0 Å². The van der Waals surface area contributed by atoms with E-state index in [1.807, 2.05) is 42.5 Å². The van der Waals surface area contributed by atoms with Gasteiger partial charge in [0.2, 0.25) is 5.90 Å². The van der Waals surface area contributed by atoms with Gasteiger partial charge >= 0.3 is 0 Å². The standard InChI is InChI=1S/C38H36N6O6S/c39-44-42-34-17-7-6-16-33(34)35-38(22-25-51(47,48)31-13-2-1-3-14-31,41-36(50-35)28-18-20-30(21-19-28)49-24-9-23-45)37(46)43-40-26-29-12-8-11-27-10-4-5-15-32(27)29/h1-8,10-21,35,40,45H,9,22-26H2,(H,43,46)/t35-,38-/m0/s1. The Morgan fingerprint density at radius 1 is 0.941 bits per heavy atom. The molecule has 2 atom stereocenters. The Kier molecular flexibility index (Phi) is 10.9. The van der Waals surface area contributed by atoms with E-state index in [0.717, 1.165) is 16.3 Å². The van der Waals surface area contributed by atoms with E-state index in [4.69, 9.17) is 19.6 Å². The molecule has 0 aliphatic carbocycles. The second-order valence-corrected chi connectivity index (χ2v) is 14.0. The predicted molar refractivity (Wildman–Crippen MR) is 194 cm³/mol. The second kappa shape index (κ2) is 15.9. The van der Waals surface area contributed by atoms with Crippen LogP contribution in [0.3, 0.4) is 0 Å². The third-order valence-electron chi connectivity index (χ3n) is 8.62. The minimum absolute atomic E-state index is 0.00236. The number of amides is 1. The van der Waals surface area contributed by atoms with Crippen molar-refractivity contribution >= 4 is 38.1 Å². The van der Waals surface area contributed by atoms with Crippen molar-refractivity contribution in [1.29, 1.82) is 0 Å². The highest BCUT2D eigenvalue weighted by Gasteiger charge is 2.54. The van der Waals surface area contributed by atoms with Crippen LogP contribution in [0.25, 0.3) is 21.2 Å². The Bertz CT molecular complexity index is 2190. The summed E-state index contributed by atoms with van der Waals surface area (Å²) < 4.78 is 39.5. The number of azide groups is 1. The fraction of sp³-hybridized carbons (Fsp3) is 0.211. The van der Waals surface area contributed by atoms with Crippen LogP contribution in [0.4, 0.5) is 5.69 Å². The molecule has 0 spiro atoms. The number of carbonyl (C=O) groups is 1. The van der Waals surface area contributed by atoms with Gasteiger partial charge in [-0.15, -0.1) is 0 Å².